The Morgan fingerprint density at radius 2 is 1.89 bits per heavy atom. The van der Waals surface area contributed by atoms with E-state index < -0.39 is 10.0 Å². The summed E-state index contributed by atoms with van der Waals surface area (Å²) in [4.78, 5) is 0.142. The van der Waals surface area contributed by atoms with Crippen molar-refractivity contribution < 1.29 is 13.2 Å². The van der Waals surface area contributed by atoms with Crippen LogP contribution in [-0.4, -0.2) is 44.4 Å². The second kappa shape index (κ2) is 9.34. The Hall–Kier alpha value is -1.90. The third-order valence-corrected chi connectivity index (χ3v) is 6.32. The van der Waals surface area contributed by atoms with Gasteiger partial charge in [0, 0.05) is 19.1 Å². The van der Waals surface area contributed by atoms with Crippen LogP contribution in [0, 0.1) is 0 Å². The molecule has 1 aliphatic carbocycles. The van der Waals surface area contributed by atoms with Crippen molar-refractivity contribution >= 4 is 10.0 Å². The molecule has 0 atom stereocenters. The molecule has 1 saturated carbocycles. The Kier molecular flexibility index (Phi) is 6.87. The maximum atomic E-state index is 12.5. The molecule has 0 unspecified atom stereocenters. The predicted octanol–water partition coefficient (Wildman–Crippen LogP) is 2.47. The minimum atomic E-state index is -3.59. The Labute approximate surface area is 161 Å². The molecule has 1 aromatic heterocycles. The molecule has 1 aromatic carbocycles. The molecule has 148 valence electrons. The summed E-state index contributed by atoms with van der Waals surface area (Å²) in [6.45, 7) is 0.989. The lowest BCUT2D eigenvalue weighted by molar-refractivity contribution is 0.411. The molecule has 0 radical (unpaired) electrons. The number of hydrogen-bond donors (Lipinski definition) is 2. The van der Waals surface area contributed by atoms with Gasteiger partial charge in [-0.25, -0.2) is 17.8 Å². The standard InChI is InChI=1S/C19H28N4O3S/c1-26-19-11-7-6-10-18(19)23-15-17(14-21-23)27(24,25)22-13-12-20-16-8-4-2-3-5-9-16/h6-7,10-11,14-16,20,22H,2-5,8-9,12-13H2,1H3. The number of hydrogen-bond acceptors (Lipinski definition) is 5. The van der Waals surface area contributed by atoms with E-state index in [0.29, 0.717) is 30.6 Å². The van der Waals surface area contributed by atoms with Gasteiger partial charge in [-0.3, -0.25) is 0 Å². The topological polar surface area (TPSA) is 85.2 Å². The second-order valence-corrected chi connectivity index (χ2v) is 8.60. The zero-order valence-corrected chi connectivity index (χ0v) is 16.5. The number of rotatable bonds is 8. The molecule has 7 nitrogen and oxygen atoms in total. The van der Waals surface area contributed by atoms with E-state index in [2.05, 4.69) is 15.1 Å². The van der Waals surface area contributed by atoms with Gasteiger partial charge in [0.05, 0.1) is 19.5 Å². The van der Waals surface area contributed by atoms with Crippen molar-refractivity contribution in [2.75, 3.05) is 20.2 Å². The summed E-state index contributed by atoms with van der Waals surface area (Å²) < 4.78 is 34.5. The van der Waals surface area contributed by atoms with Gasteiger partial charge in [0.2, 0.25) is 10.0 Å². The highest BCUT2D eigenvalue weighted by atomic mass is 32.2. The molecule has 2 N–H and O–H groups in total. The number of benzene rings is 1. The van der Waals surface area contributed by atoms with Gasteiger partial charge in [0.15, 0.2) is 0 Å². The molecule has 0 saturated heterocycles. The summed E-state index contributed by atoms with van der Waals surface area (Å²) in [7, 11) is -2.02. The average molecular weight is 393 g/mol. The summed E-state index contributed by atoms with van der Waals surface area (Å²) in [6, 6.07) is 7.84. The van der Waals surface area contributed by atoms with Gasteiger partial charge in [-0.15, -0.1) is 0 Å². The predicted molar refractivity (Wildman–Crippen MR) is 105 cm³/mol. The molecule has 1 fully saturated rings. The smallest absolute Gasteiger partial charge is 0.243 e. The molecule has 0 aliphatic heterocycles. The van der Waals surface area contributed by atoms with Crippen LogP contribution >= 0.6 is 0 Å². The van der Waals surface area contributed by atoms with Crippen molar-refractivity contribution in [1.29, 1.82) is 0 Å². The first-order valence-electron chi connectivity index (χ1n) is 9.51. The summed E-state index contributed by atoms with van der Waals surface area (Å²) in [6.07, 6.45) is 10.3. The maximum Gasteiger partial charge on any atom is 0.243 e. The molecule has 2 aromatic rings. The Bertz CT molecular complexity index is 827. The van der Waals surface area contributed by atoms with Crippen LogP contribution in [0.5, 0.6) is 5.75 Å². The number of para-hydroxylation sites is 2. The lowest BCUT2D eigenvalue weighted by Crippen LogP contribution is -2.36. The highest BCUT2D eigenvalue weighted by molar-refractivity contribution is 7.89. The lowest BCUT2D eigenvalue weighted by atomic mass is 10.1. The number of aromatic nitrogens is 2. The van der Waals surface area contributed by atoms with Gasteiger partial charge in [-0.05, 0) is 25.0 Å². The van der Waals surface area contributed by atoms with Gasteiger partial charge in [0.1, 0.15) is 16.3 Å². The summed E-state index contributed by atoms with van der Waals surface area (Å²) in [5.74, 6) is 0.630. The second-order valence-electron chi connectivity index (χ2n) is 6.83. The summed E-state index contributed by atoms with van der Waals surface area (Å²) in [5.41, 5.74) is 0.691. The van der Waals surface area contributed by atoms with Crippen LogP contribution in [-0.2, 0) is 10.0 Å². The SMILES string of the molecule is COc1ccccc1-n1cc(S(=O)(=O)NCCNC2CCCCCC2)cn1. The van der Waals surface area contributed by atoms with E-state index in [1.54, 1.807) is 7.11 Å². The minimum absolute atomic E-state index is 0.142. The zero-order chi connectivity index (χ0) is 19.1. The van der Waals surface area contributed by atoms with Crippen molar-refractivity contribution in [2.45, 2.75) is 49.5 Å². The van der Waals surface area contributed by atoms with Crippen LogP contribution in [0.3, 0.4) is 0 Å². The van der Waals surface area contributed by atoms with E-state index >= 15 is 0 Å². The highest BCUT2D eigenvalue weighted by Crippen LogP contribution is 2.22. The van der Waals surface area contributed by atoms with E-state index in [9.17, 15) is 8.42 Å². The fraction of sp³-hybridized carbons (Fsp3) is 0.526. The first-order valence-corrected chi connectivity index (χ1v) is 11.0. The number of nitrogens with one attached hydrogen (secondary N) is 2. The average Bonchev–Trinajstić information content (AvgIpc) is 3.04. The molecule has 0 spiro atoms. The fourth-order valence-corrected chi connectivity index (χ4v) is 4.39. The van der Waals surface area contributed by atoms with Crippen molar-refractivity contribution in [1.82, 2.24) is 19.8 Å². The highest BCUT2D eigenvalue weighted by Gasteiger charge is 2.18. The minimum Gasteiger partial charge on any atom is -0.494 e. The molecule has 0 amide bonds. The molecular formula is C19H28N4O3S. The number of sulfonamides is 1. The van der Waals surface area contributed by atoms with Crippen LogP contribution in [0.25, 0.3) is 5.69 Å². The molecule has 8 heteroatoms. The van der Waals surface area contributed by atoms with E-state index in [4.69, 9.17) is 4.74 Å². The summed E-state index contributed by atoms with van der Waals surface area (Å²) >= 11 is 0. The molecule has 3 rings (SSSR count). The van der Waals surface area contributed by atoms with Crippen LogP contribution < -0.4 is 14.8 Å². The van der Waals surface area contributed by atoms with Crippen molar-refractivity contribution in [3.05, 3.63) is 36.7 Å². The molecular weight excluding hydrogens is 364 g/mol. The Balaban J connectivity index is 1.56. The molecule has 27 heavy (non-hydrogen) atoms. The third-order valence-electron chi connectivity index (χ3n) is 4.91. The Morgan fingerprint density at radius 1 is 1.15 bits per heavy atom. The zero-order valence-electron chi connectivity index (χ0n) is 15.7. The normalized spacial score (nSPS) is 16.2. The van der Waals surface area contributed by atoms with Gasteiger partial charge in [-0.2, -0.15) is 5.10 Å². The number of ether oxygens (including phenoxy) is 1. The van der Waals surface area contributed by atoms with Crippen LogP contribution in [0.1, 0.15) is 38.5 Å². The monoisotopic (exact) mass is 392 g/mol. The molecule has 0 bridgehead atoms. The maximum absolute atomic E-state index is 12.5. The largest absolute Gasteiger partial charge is 0.494 e. The lowest BCUT2D eigenvalue weighted by Gasteiger charge is -2.16. The van der Waals surface area contributed by atoms with Gasteiger partial charge in [0.25, 0.3) is 0 Å². The fourth-order valence-electron chi connectivity index (χ4n) is 3.42. The van der Waals surface area contributed by atoms with Gasteiger partial charge in [-0.1, -0.05) is 37.8 Å². The van der Waals surface area contributed by atoms with Crippen molar-refractivity contribution in [3.8, 4) is 11.4 Å². The quantitative estimate of drug-likeness (QED) is 0.532. The van der Waals surface area contributed by atoms with Crippen LogP contribution in [0.15, 0.2) is 41.6 Å². The van der Waals surface area contributed by atoms with Gasteiger partial charge >= 0.3 is 0 Å². The van der Waals surface area contributed by atoms with Crippen LogP contribution in [0.4, 0.5) is 0 Å². The van der Waals surface area contributed by atoms with E-state index in [1.807, 2.05) is 24.3 Å². The number of nitrogens with zero attached hydrogens (tertiary/aromatic N) is 2. The summed E-state index contributed by atoms with van der Waals surface area (Å²) in [5, 5.41) is 7.64. The van der Waals surface area contributed by atoms with E-state index in [0.717, 1.165) is 0 Å². The Morgan fingerprint density at radius 3 is 2.63 bits per heavy atom. The van der Waals surface area contributed by atoms with Crippen molar-refractivity contribution in [2.24, 2.45) is 0 Å². The first kappa shape index (κ1) is 19.9. The molecule has 1 heterocycles. The van der Waals surface area contributed by atoms with Gasteiger partial charge < -0.3 is 10.1 Å². The first-order chi connectivity index (χ1) is 13.1. The number of methoxy groups -OCH3 is 1. The third kappa shape index (κ3) is 5.31. The van der Waals surface area contributed by atoms with Crippen molar-refractivity contribution in [3.63, 3.8) is 0 Å². The van der Waals surface area contributed by atoms with E-state index in [-0.39, 0.29) is 4.90 Å². The van der Waals surface area contributed by atoms with Crippen LogP contribution in [0.2, 0.25) is 0 Å². The van der Waals surface area contributed by atoms with E-state index in [1.165, 1.54) is 55.6 Å². The molecule has 1 aliphatic rings.